The zero-order valence-electron chi connectivity index (χ0n) is 2.69. The van der Waals surface area contributed by atoms with Crippen LogP contribution in [0.25, 0.3) is 0 Å². The van der Waals surface area contributed by atoms with E-state index in [1.54, 1.807) is 5.32 Å². The summed E-state index contributed by atoms with van der Waals surface area (Å²) < 4.78 is 0. The molecular weight excluding hydrogens is 115 g/mol. The molecule has 1 atom stereocenters. The second kappa shape index (κ2) is 0.733. The topological polar surface area (TPSA) is 0 Å². The number of hydrogen-bond acceptors (Lipinski definition) is 0. The van der Waals surface area contributed by atoms with E-state index in [4.69, 9.17) is 0 Å². The third-order valence-corrected chi connectivity index (χ3v) is 2.60. The zero-order chi connectivity index (χ0) is 2.99. The van der Waals surface area contributed by atoms with Gasteiger partial charge in [-0.15, -0.1) is 0 Å². The molecule has 0 radical (unpaired) electrons. The minimum absolute atomic E-state index is 1.08. The average molecular weight is 121 g/mol. The molecule has 0 N–H and O–H groups in total. The van der Waals surface area contributed by atoms with E-state index in [0.717, 1.165) is 19.8 Å². The van der Waals surface area contributed by atoms with Crippen molar-refractivity contribution in [2.75, 3.05) is 0 Å². The van der Waals surface area contributed by atoms with E-state index < -0.39 is 0 Å². The Kier molecular flexibility index (Phi) is 0.502. The predicted octanol–water partition coefficient (Wildman–Crippen LogP) is 0.931. The second-order valence-electron chi connectivity index (χ2n) is 1.14. The van der Waals surface area contributed by atoms with Crippen molar-refractivity contribution in [1.82, 2.24) is 0 Å². The van der Waals surface area contributed by atoms with Crippen LogP contribution in [0.2, 0.25) is 10.1 Å². The molecule has 1 fully saturated rings. The molecule has 0 aromatic heterocycles. The molecule has 24 valence electrons. The fourth-order valence-electron chi connectivity index (χ4n) is 0.0962. The molecule has 1 rings (SSSR count). The molecule has 0 spiro atoms. The first kappa shape index (κ1) is 2.74. The molecule has 0 aliphatic carbocycles. The van der Waals surface area contributed by atoms with Gasteiger partial charge in [0.25, 0.3) is 0 Å². The molecule has 0 nitrogen and oxygen atoms in total. The van der Waals surface area contributed by atoms with Gasteiger partial charge in [0.1, 0.15) is 0 Å². The Morgan fingerprint density at radius 3 is 2.25 bits per heavy atom. The summed E-state index contributed by atoms with van der Waals surface area (Å²) in [6.45, 7) is 2.31. The van der Waals surface area contributed by atoms with E-state index in [1.165, 1.54) is 0 Å². The molecule has 0 aromatic carbocycles. The molecule has 1 heterocycles. The van der Waals surface area contributed by atoms with Crippen LogP contribution in [0.4, 0.5) is 0 Å². The van der Waals surface area contributed by atoms with Crippen LogP contribution in [0, 0.1) is 0 Å². The summed E-state index contributed by atoms with van der Waals surface area (Å²) >= 11 is 1.08. The molecule has 1 unspecified atom stereocenters. The van der Waals surface area contributed by atoms with Crippen molar-refractivity contribution in [3.8, 4) is 0 Å². The Bertz CT molecular complexity index is 22.5. The van der Waals surface area contributed by atoms with Crippen molar-refractivity contribution in [1.29, 1.82) is 0 Å². The quantitative estimate of drug-likeness (QED) is 0.418. The molecule has 4 heavy (non-hydrogen) atoms. The molecule has 0 bridgehead atoms. The molecule has 1 aliphatic heterocycles. The van der Waals surface area contributed by atoms with Crippen LogP contribution < -0.4 is 0 Å². The van der Waals surface area contributed by atoms with Crippen LogP contribution in [0.1, 0.15) is 6.92 Å². The number of rotatable bonds is 0. The normalized spacial score (nSPS) is 39.8. The van der Waals surface area contributed by atoms with Gasteiger partial charge in [0, 0.05) is 0 Å². The SMILES string of the molecule is CC1C[Se]1. The van der Waals surface area contributed by atoms with Gasteiger partial charge in [0.15, 0.2) is 0 Å². The summed E-state index contributed by atoms with van der Waals surface area (Å²) in [6, 6.07) is 0. The average Bonchev–Trinajstić information content (AvgIpc) is 1.75. The van der Waals surface area contributed by atoms with Gasteiger partial charge in [-0.2, -0.15) is 0 Å². The number of hydrogen-bond donors (Lipinski definition) is 0. The maximum atomic E-state index is 2.31. The summed E-state index contributed by atoms with van der Waals surface area (Å²) in [4.78, 5) is 1.15. The Morgan fingerprint density at radius 1 is 2.00 bits per heavy atom. The maximum absolute atomic E-state index is 2.31. The Balaban J connectivity index is 2.17. The molecule has 1 saturated heterocycles. The van der Waals surface area contributed by atoms with E-state index in [0.29, 0.717) is 0 Å². The Morgan fingerprint density at radius 2 is 2.25 bits per heavy atom. The molecule has 1 heteroatoms. The summed E-state index contributed by atoms with van der Waals surface area (Å²) in [7, 11) is 0. The van der Waals surface area contributed by atoms with Gasteiger partial charge >= 0.3 is 32.0 Å². The fraction of sp³-hybridized carbons (Fsp3) is 1.00. The molecule has 1 aliphatic rings. The van der Waals surface area contributed by atoms with Gasteiger partial charge in [-0.3, -0.25) is 0 Å². The van der Waals surface area contributed by atoms with Crippen molar-refractivity contribution in [2.45, 2.75) is 17.1 Å². The molecule has 0 saturated carbocycles. The van der Waals surface area contributed by atoms with E-state index in [-0.39, 0.29) is 0 Å². The first-order chi connectivity index (χ1) is 1.89. The van der Waals surface area contributed by atoms with Gasteiger partial charge < -0.3 is 0 Å². The van der Waals surface area contributed by atoms with Crippen LogP contribution in [0.5, 0.6) is 0 Å². The van der Waals surface area contributed by atoms with Crippen molar-refractivity contribution in [3.05, 3.63) is 0 Å². The van der Waals surface area contributed by atoms with Crippen molar-refractivity contribution in [2.24, 2.45) is 0 Å². The Labute approximate surface area is 32.7 Å². The van der Waals surface area contributed by atoms with Crippen molar-refractivity contribution < 1.29 is 0 Å². The third-order valence-electron chi connectivity index (χ3n) is 0.500. The van der Waals surface area contributed by atoms with Gasteiger partial charge in [-0.25, -0.2) is 0 Å². The first-order valence-electron chi connectivity index (χ1n) is 1.51. The molecular formula is C3H6Se. The molecule has 0 amide bonds. The van der Waals surface area contributed by atoms with E-state index in [1.807, 2.05) is 0 Å². The van der Waals surface area contributed by atoms with Crippen LogP contribution >= 0.6 is 0 Å². The third kappa shape index (κ3) is 0.470. The van der Waals surface area contributed by atoms with Crippen LogP contribution in [-0.4, -0.2) is 15.0 Å². The summed E-state index contributed by atoms with van der Waals surface area (Å²) in [6.07, 6.45) is 0. The Hall–Kier alpha value is 0.519. The molecule has 0 aromatic rings. The first-order valence-corrected chi connectivity index (χ1v) is 3.71. The van der Waals surface area contributed by atoms with Crippen LogP contribution in [-0.2, 0) is 0 Å². The standard InChI is InChI=1S/C3H6Se/c1-3-2-4-3/h3H,2H2,1H3. The van der Waals surface area contributed by atoms with E-state index in [2.05, 4.69) is 6.92 Å². The van der Waals surface area contributed by atoms with E-state index in [9.17, 15) is 0 Å². The van der Waals surface area contributed by atoms with Crippen molar-refractivity contribution in [3.63, 3.8) is 0 Å². The van der Waals surface area contributed by atoms with Gasteiger partial charge in [0.2, 0.25) is 0 Å². The van der Waals surface area contributed by atoms with E-state index >= 15 is 0 Å². The summed E-state index contributed by atoms with van der Waals surface area (Å²) in [5.74, 6) is 0. The second-order valence-corrected chi connectivity index (χ2v) is 4.23. The summed E-state index contributed by atoms with van der Waals surface area (Å²) in [5.41, 5.74) is 0. The van der Waals surface area contributed by atoms with Crippen LogP contribution in [0.15, 0.2) is 0 Å². The van der Waals surface area contributed by atoms with Gasteiger partial charge in [-0.05, 0) is 0 Å². The minimum atomic E-state index is 1.08. The van der Waals surface area contributed by atoms with Crippen LogP contribution in [0.3, 0.4) is 0 Å². The van der Waals surface area contributed by atoms with Crippen molar-refractivity contribution >= 4 is 15.0 Å². The predicted molar refractivity (Wildman–Crippen MR) is 20.0 cm³/mol. The zero-order valence-corrected chi connectivity index (χ0v) is 4.41. The fourth-order valence-corrected chi connectivity index (χ4v) is 0.500. The van der Waals surface area contributed by atoms with Gasteiger partial charge in [-0.1, -0.05) is 0 Å². The monoisotopic (exact) mass is 122 g/mol. The van der Waals surface area contributed by atoms with Gasteiger partial charge in [0.05, 0.1) is 0 Å². The summed E-state index contributed by atoms with van der Waals surface area (Å²) in [5, 5.41) is 1.55.